The summed E-state index contributed by atoms with van der Waals surface area (Å²) in [6.45, 7) is 6.13. The molecule has 0 radical (unpaired) electrons. The molecule has 1 N–H and O–H groups in total. The lowest BCUT2D eigenvalue weighted by Gasteiger charge is -2.39. The van der Waals surface area contributed by atoms with E-state index in [0.717, 1.165) is 16.7 Å². The van der Waals surface area contributed by atoms with Gasteiger partial charge in [-0.25, -0.2) is 5.09 Å². The SMILES string of the molecule is Cc1ccc([C@H](NP(=O)(c2ccccc2)c2ccccc2)[C@@]2(CC(C)C)OC(c3ccccc3)=NC2=O)cc1. The van der Waals surface area contributed by atoms with Crippen molar-refractivity contribution in [1.29, 1.82) is 0 Å². The van der Waals surface area contributed by atoms with Crippen molar-refractivity contribution in [3.05, 3.63) is 132 Å². The van der Waals surface area contributed by atoms with Crippen molar-refractivity contribution in [2.24, 2.45) is 10.9 Å². The van der Waals surface area contributed by atoms with Gasteiger partial charge in [-0.15, -0.1) is 0 Å². The first-order chi connectivity index (χ1) is 18.8. The second-order valence-corrected chi connectivity index (χ2v) is 12.9. The Morgan fingerprint density at radius 1 is 0.795 bits per heavy atom. The number of amides is 1. The third-order valence-corrected chi connectivity index (χ3v) is 9.68. The lowest BCUT2D eigenvalue weighted by molar-refractivity contribution is -0.134. The number of hydrogen-bond donors (Lipinski definition) is 1. The van der Waals surface area contributed by atoms with Crippen molar-refractivity contribution < 1.29 is 14.1 Å². The Morgan fingerprint density at radius 2 is 1.31 bits per heavy atom. The van der Waals surface area contributed by atoms with Gasteiger partial charge >= 0.3 is 0 Å². The molecule has 5 nitrogen and oxygen atoms in total. The number of ether oxygens (including phenoxy) is 1. The summed E-state index contributed by atoms with van der Waals surface area (Å²) in [6, 6.07) is 35.5. The van der Waals surface area contributed by atoms with Crippen LogP contribution in [0.4, 0.5) is 0 Å². The Kier molecular flexibility index (Phi) is 7.65. The molecule has 0 aliphatic carbocycles. The highest BCUT2D eigenvalue weighted by Crippen LogP contribution is 2.48. The fraction of sp³-hybridized carbons (Fsp3) is 0.212. The maximum absolute atomic E-state index is 15.2. The molecule has 198 valence electrons. The molecular weight excluding hydrogens is 503 g/mol. The van der Waals surface area contributed by atoms with E-state index in [0.29, 0.717) is 17.0 Å². The van der Waals surface area contributed by atoms with Gasteiger partial charge < -0.3 is 4.74 Å². The lowest BCUT2D eigenvalue weighted by Crippen LogP contribution is -2.51. The number of rotatable bonds is 9. The first kappa shape index (κ1) is 26.8. The molecule has 0 aromatic heterocycles. The topological polar surface area (TPSA) is 67.8 Å². The Hall–Kier alpha value is -3.79. The van der Waals surface area contributed by atoms with E-state index in [9.17, 15) is 4.79 Å². The van der Waals surface area contributed by atoms with Gasteiger partial charge in [0.05, 0.1) is 6.04 Å². The summed E-state index contributed by atoms with van der Waals surface area (Å²) in [5.41, 5.74) is 1.23. The van der Waals surface area contributed by atoms with Crippen LogP contribution in [0.2, 0.25) is 0 Å². The minimum Gasteiger partial charge on any atom is -0.458 e. The highest BCUT2D eigenvalue weighted by molar-refractivity contribution is 7.76. The highest BCUT2D eigenvalue weighted by atomic mass is 31.2. The number of aryl methyl sites for hydroxylation is 1. The number of carbonyl (C=O) groups is 1. The lowest BCUT2D eigenvalue weighted by atomic mass is 9.81. The van der Waals surface area contributed by atoms with Crippen LogP contribution in [0.5, 0.6) is 0 Å². The molecule has 4 aromatic carbocycles. The molecule has 0 saturated heterocycles. The molecule has 2 atom stereocenters. The number of hydrogen-bond acceptors (Lipinski definition) is 3. The van der Waals surface area contributed by atoms with Gasteiger partial charge in [-0.05, 0) is 54.8 Å². The van der Waals surface area contributed by atoms with Gasteiger partial charge in [0.15, 0.2) is 0 Å². The van der Waals surface area contributed by atoms with Crippen LogP contribution < -0.4 is 15.7 Å². The zero-order valence-electron chi connectivity index (χ0n) is 22.5. The molecule has 1 heterocycles. The van der Waals surface area contributed by atoms with E-state index < -0.39 is 18.9 Å². The summed E-state index contributed by atoms with van der Waals surface area (Å²) in [6.07, 6.45) is 0.390. The minimum absolute atomic E-state index is 0.0989. The number of nitrogens with zero attached hydrogens (tertiary/aromatic N) is 1. The summed E-state index contributed by atoms with van der Waals surface area (Å²) < 4.78 is 21.8. The van der Waals surface area contributed by atoms with Gasteiger partial charge in [-0.3, -0.25) is 9.36 Å². The minimum atomic E-state index is -3.45. The van der Waals surface area contributed by atoms with Crippen molar-refractivity contribution in [3.63, 3.8) is 0 Å². The number of nitrogens with one attached hydrogen (secondary N) is 1. The molecular formula is C33H33N2O3P. The Bertz CT molecular complexity index is 1460. The van der Waals surface area contributed by atoms with E-state index in [1.54, 1.807) is 0 Å². The fourth-order valence-electron chi connectivity index (χ4n) is 5.13. The standard InChI is InChI=1S/C33H33N2O3P/c1-24(2)23-33(32(36)34-31(38-33)27-13-7-4-8-14-27)30(26-21-19-25(3)20-22-26)35-39(37,28-15-9-5-10-16-28)29-17-11-6-12-18-29/h4-22,24,30H,23H2,1-3H3,(H,35,37)/t30-,33+/m0/s1. The van der Waals surface area contributed by atoms with Crippen LogP contribution >= 0.6 is 7.29 Å². The van der Waals surface area contributed by atoms with Gasteiger partial charge in [0, 0.05) is 22.6 Å². The van der Waals surface area contributed by atoms with E-state index in [1.807, 2.05) is 122 Å². The molecule has 0 unspecified atom stereocenters. The summed E-state index contributed by atoms with van der Waals surface area (Å²) in [5.74, 6) is 0.0112. The van der Waals surface area contributed by atoms with Gasteiger partial charge in [-0.1, -0.05) is 98.3 Å². The largest absolute Gasteiger partial charge is 0.458 e. The van der Waals surface area contributed by atoms with Crippen LogP contribution in [0, 0.1) is 12.8 Å². The average molecular weight is 537 g/mol. The predicted molar refractivity (Wildman–Crippen MR) is 158 cm³/mol. The van der Waals surface area contributed by atoms with Crippen molar-refractivity contribution in [2.75, 3.05) is 0 Å². The number of carbonyl (C=O) groups excluding carboxylic acids is 1. The van der Waals surface area contributed by atoms with Crippen LogP contribution in [0.1, 0.15) is 43.0 Å². The van der Waals surface area contributed by atoms with E-state index in [2.05, 4.69) is 23.9 Å². The first-order valence-electron chi connectivity index (χ1n) is 13.2. The molecule has 0 saturated carbocycles. The van der Waals surface area contributed by atoms with Gasteiger partial charge in [0.1, 0.15) is 0 Å². The van der Waals surface area contributed by atoms with Crippen LogP contribution in [-0.2, 0) is 14.1 Å². The molecule has 1 aliphatic rings. The zero-order chi connectivity index (χ0) is 27.5. The number of aliphatic imine (C=N–C) groups is 1. The normalized spacial score (nSPS) is 18.1. The molecule has 1 aliphatic heterocycles. The summed E-state index contributed by atoms with van der Waals surface area (Å²) >= 11 is 0. The molecule has 39 heavy (non-hydrogen) atoms. The maximum Gasteiger partial charge on any atom is 0.295 e. The molecule has 0 bridgehead atoms. The zero-order valence-corrected chi connectivity index (χ0v) is 23.3. The van der Waals surface area contributed by atoms with E-state index >= 15 is 4.57 Å². The number of benzene rings is 4. The maximum atomic E-state index is 15.2. The van der Waals surface area contributed by atoms with E-state index in [1.165, 1.54) is 0 Å². The first-order valence-corrected chi connectivity index (χ1v) is 15.0. The van der Waals surface area contributed by atoms with E-state index in [-0.39, 0.29) is 17.7 Å². The molecule has 6 heteroatoms. The second kappa shape index (κ2) is 11.1. The molecule has 0 spiro atoms. The van der Waals surface area contributed by atoms with Gasteiger partial charge in [-0.2, -0.15) is 4.99 Å². The Morgan fingerprint density at radius 3 is 1.82 bits per heavy atom. The monoisotopic (exact) mass is 536 g/mol. The van der Waals surface area contributed by atoms with Crippen LogP contribution in [-0.4, -0.2) is 17.4 Å². The molecule has 4 aromatic rings. The fourth-order valence-corrected chi connectivity index (χ4v) is 7.63. The summed E-state index contributed by atoms with van der Waals surface area (Å²) in [5, 5.41) is 4.84. The van der Waals surface area contributed by atoms with Crippen LogP contribution in [0.3, 0.4) is 0 Å². The van der Waals surface area contributed by atoms with Crippen molar-refractivity contribution in [3.8, 4) is 0 Å². The molecule has 1 amide bonds. The smallest absolute Gasteiger partial charge is 0.295 e. The highest BCUT2D eigenvalue weighted by Gasteiger charge is 2.55. The second-order valence-electron chi connectivity index (χ2n) is 10.4. The van der Waals surface area contributed by atoms with Gasteiger partial charge in [0.25, 0.3) is 5.91 Å². The quantitative estimate of drug-likeness (QED) is 0.254. The third-order valence-electron chi connectivity index (χ3n) is 7.00. The average Bonchev–Trinajstić information content (AvgIpc) is 3.29. The van der Waals surface area contributed by atoms with E-state index in [4.69, 9.17) is 4.74 Å². The van der Waals surface area contributed by atoms with Crippen LogP contribution in [0.15, 0.2) is 120 Å². The molecule has 0 fully saturated rings. The predicted octanol–water partition coefficient (Wildman–Crippen LogP) is 6.34. The van der Waals surface area contributed by atoms with Crippen molar-refractivity contribution in [2.45, 2.75) is 38.8 Å². The van der Waals surface area contributed by atoms with Crippen molar-refractivity contribution >= 4 is 29.7 Å². The third kappa shape index (κ3) is 5.38. The summed E-state index contributed by atoms with van der Waals surface area (Å²) in [4.78, 5) is 18.4. The van der Waals surface area contributed by atoms with Crippen molar-refractivity contribution in [1.82, 2.24) is 5.09 Å². The Labute approximate surface area is 230 Å². The van der Waals surface area contributed by atoms with Crippen LogP contribution in [0.25, 0.3) is 0 Å². The van der Waals surface area contributed by atoms with Gasteiger partial charge in [0.2, 0.25) is 18.8 Å². The Balaban J connectivity index is 1.69. The molecule has 5 rings (SSSR count). The summed E-state index contributed by atoms with van der Waals surface area (Å²) in [7, 11) is -3.45.